The van der Waals surface area contributed by atoms with Gasteiger partial charge in [-0.1, -0.05) is 55.2 Å². The summed E-state index contributed by atoms with van der Waals surface area (Å²) in [4.78, 5) is 10.9. The summed E-state index contributed by atoms with van der Waals surface area (Å²) in [5.41, 5.74) is 0. The van der Waals surface area contributed by atoms with E-state index in [9.17, 15) is 4.79 Å². The van der Waals surface area contributed by atoms with Crippen LogP contribution in [0.3, 0.4) is 0 Å². The van der Waals surface area contributed by atoms with Gasteiger partial charge in [0.25, 0.3) is 0 Å². The van der Waals surface area contributed by atoms with E-state index in [1.54, 1.807) is 0 Å². The summed E-state index contributed by atoms with van der Waals surface area (Å²) in [6, 6.07) is 0. The van der Waals surface area contributed by atoms with Gasteiger partial charge in [0.1, 0.15) is 6.10 Å². The predicted octanol–water partition coefficient (Wildman–Crippen LogP) is 3.47. The fraction of sp³-hybridized carbons (Fsp3) is 0.909. The van der Waals surface area contributed by atoms with Gasteiger partial charge in [-0.05, 0) is 12.8 Å². The molecule has 82 valence electrons. The van der Waals surface area contributed by atoms with Crippen molar-refractivity contribution in [3.63, 3.8) is 0 Å². The molecular formula is C11H19IO2. The molecule has 1 aliphatic heterocycles. The SMILES string of the molecule is CCCCCCC(I)C1CCC(=O)O1. The minimum Gasteiger partial charge on any atom is -0.461 e. The molecule has 0 radical (unpaired) electrons. The summed E-state index contributed by atoms with van der Waals surface area (Å²) in [6.45, 7) is 2.22. The molecule has 0 aromatic heterocycles. The molecule has 2 atom stereocenters. The normalized spacial score (nSPS) is 23.6. The van der Waals surface area contributed by atoms with Gasteiger partial charge in [-0.15, -0.1) is 0 Å². The highest BCUT2D eigenvalue weighted by atomic mass is 127. The van der Waals surface area contributed by atoms with Gasteiger partial charge < -0.3 is 4.74 Å². The highest BCUT2D eigenvalue weighted by molar-refractivity contribution is 14.1. The minimum atomic E-state index is -0.00905. The molecule has 0 bridgehead atoms. The first-order chi connectivity index (χ1) is 6.74. The Balaban J connectivity index is 2.09. The molecule has 14 heavy (non-hydrogen) atoms. The Hall–Kier alpha value is 0.200. The zero-order valence-corrected chi connectivity index (χ0v) is 11.0. The van der Waals surface area contributed by atoms with E-state index in [1.165, 1.54) is 32.1 Å². The molecule has 0 amide bonds. The van der Waals surface area contributed by atoms with Gasteiger partial charge in [-0.2, -0.15) is 0 Å². The van der Waals surface area contributed by atoms with Gasteiger partial charge in [-0.3, -0.25) is 4.79 Å². The fourth-order valence-corrected chi connectivity index (χ4v) is 2.70. The Morgan fingerprint density at radius 2 is 2.29 bits per heavy atom. The van der Waals surface area contributed by atoms with E-state index >= 15 is 0 Å². The smallest absolute Gasteiger partial charge is 0.306 e. The standard InChI is InChI=1S/C11H19IO2/c1-2-3-4-5-6-9(12)10-7-8-11(13)14-10/h9-10H,2-8H2,1H3. The van der Waals surface area contributed by atoms with E-state index in [2.05, 4.69) is 29.5 Å². The number of hydrogen-bond donors (Lipinski definition) is 0. The van der Waals surface area contributed by atoms with Crippen LogP contribution >= 0.6 is 22.6 Å². The molecule has 0 N–H and O–H groups in total. The van der Waals surface area contributed by atoms with E-state index in [1.807, 2.05) is 0 Å². The van der Waals surface area contributed by atoms with Crippen molar-refractivity contribution >= 4 is 28.6 Å². The van der Waals surface area contributed by atoms with Crippen LogP contribution in [0.15, 0.2) is 0 Å². The van der Waals surface area contributed by atoms with Crippen LogP contribution in [0.25, 0.3) is 0 Å². The number of alkyl halides is 1. The van der Waals surface area contributed by atoms with Gasteiger partial charge in [0, 0.05) is 10.3 Å². The van der Waals surface area contributed by atoms with Crippen molar-refractivity contribution in [2.45, 2.75) is 61.9 Å². The number of hydrogen-bond acceptors (Lipinski definition) is 2. The first kappa shape index (κ1) is 12.3. The molecule has 1 aliphatic rings. The monoisotopic (exact) mass is 310 g/mol. The van der Waals surface area contributed by atoms with E-state index in [0.29, 0.717) is 10.3 Å². The topological polar surface area (TPSA) is 26.3 Å². The zero-order valence-electron chi connectivity index (χ0n) is 8.80. The molecule has 0 aromatic carbocycles. The molecule has 1 heterocycles. The Morgan fingerprint density at radius 1 is 1.50 bits per heavy atom. The molecule has 1 fully saturated rings. The van der Waals surface area contributed by atoms with Crippen LogP contribution in [-0.2, 0) is 9.53 Å². The second-order valence-corrected chi connectivity index (χ2v) is 5.53. The van der Waals surface area contributed by atoms with Crippen molar-refractivity contribution in [3.8, 4) is 0 Å². The van der Waals surface area contributed by atoms with E-state index in [0.717, 1.165) is 6.42 Å². The molecule has 2 nitrogen and oxygen atoms in total. The number of cyclic esters (lactones) is 1. The second-order valence-electron chi connectivity index (χ2n) is 3.93. The number of unbranched alkanes of at least 4 members (excludes halogenated alkanes) is 3. The molecule has 3 heteroatoms. The molecule has 0 aromatic rings. The summed E-state index contributed by atoms with van der Waals surface area (Å²) < 4.78 is 5.76. The fourth-order valence-electron chi connectivity index (χ4n) is 1.75. The number of halogens is 1. The Labute approximate surface area is 99.9 Å². The summed E-state index contributed by atoms with van der Waals surface area (Å²) in [7, 11) is 0. The first-order valence-corrected chi connectivity index (χ1v) is 6.82. The molecule has 0 aliphatic carbocycles. The number of carbonyl (C=O) groups is 1. The van der Waals surface area contributed by atoms with Crippen molar-refractivity contribution < 1.29 is 9.53 Å². The lowest BCUT2D eigenvalue weighted by Crippen LogP contribution is -2.19. The average Bonchev–Trinajstić information content (AvgIpc) is 2.59. The van der Waals surface area contributed by atoms with Crippen LogP contribution < -0.4 is 0 Å². The number of rotatable bonds is 6. The maximum Gasteiger partial charge on any atom is 0.306 e. The number of ether oxygens (including phenoxy) is 1. The Bertz CT molecular complexity index is 182. The van der Waals surface area contributed by atoms with Crippen molar-refractivity contribution in [1.82, 2.24) is 0 Å². The molecule has 2 unspecified atom stereocenters. The third kappa shape index (κ3) is 4.15. The summed E-state index contributed by atoms with van der Waals surface area (Å²) in [5, 5.41) is 0. The minimum absolute atomic E-state index is 0.00905. The molecular weight excluding hydrogens is 291 g/mol. The van der Waals surface area contributed by atoms with Crippen molar-refractivity contribution in [2.24, 2.45) is 0 Å². The summed E-state index contributed by atoms with van der Waals surface area (Å²) >= 11 is 2.43. The van der Waals surface area contributed by atoms with Gasteiger partial charge >= 0.3 is 5.97 Å². The van der Waals surface area contributed by atoms with E-state index < -0.39 is 0 Å². The van der Waals surface area contributed by atoms with Gasteiger partial charge in [0.05, 0.1) is 0 Å². The second kappa shape index (κ2) is 6.64. The van der Waals surface area contributed by atoms with Crippen LogP contribution in [0.2, 0.25) is 0 Å². The molecule has 0 spiro atoms. The highest BCUT2D eigenvalue weighted by Crippen LogP contribution is 2.26. The Morgan fingerprint density at radius 3 is 2.86 bits per heavy atom. The van der Waals surface area contributed by atoms with Crippen LogP contribution in [0.1, 0.15) is 51.9 Å². The lowest BCUT2D eigenvalue weighted by molar-refractivity contribution is -0.141. The average molecular weight is 310 g/mol. The molecule has 0 saturated carbocycles. The largest absolute Gasteiger partial charge is 0.461 e. The van der Waals surface area contributed by atoms with Gasteiger partial charge in [0.15, 0.2) is 0 Å². The van der Waals surface area contributed by atoms with Crippen LogP contribution in [0.5, 0.6) is 0 Å². The number of esters is 1. The van der Waals surface area contributed by atoms with Crippen LogP contribution in [-0.4, -0.2) is 16.0 Å². The van der Waals surface area contributed by atoms with E-state index in [4.69, 9.17) is 4.74 Å². The third-order valence-corrected chi connectivity index (χ3v) is 4.08. The molecule has 1 saturated heterocycles. The number of carbonyl (C=O) groups excluding carboxylic acids is 1. The first-order valence-electron chi connectivity index (χ1n) is 5.57. The highest BCUT2D eigenvalue weighted by Gasteiger charge is 2.28. The Kier molecular flexibility index (Phi) is 5.82. The third-order valence-electron chi connectivity index (χ3n) is 2.65. The summed E-state index contributed by atoms with van der Waals surface area (Å²) in [6.07, 6.45) is 8.15. The van der Waals surface area contributed by atoms with Gasteiger partial charge in [0.2, 0.25) is 0 Å². The summed E-state index contributed by atoms with van der Waals surface area (Å²) in [5.74, 6) is -0.00905. The lowest BCUT2D eigenvalue weighted by Gasteiger charge is -2.15. The quantitative estimate of drug-likeness (QED) is 0.325. The van der Waals surface area contributed by atoms with Crippen LogP contribution in [0, 0.1) is 0 Å². The predicted molar refractivity (Wildman–Crippen MR) is 65.7 cm³/mol. The van der Waals surface area contributed by atoms with Gasteiger partial charge in [-0.25, -0.2) is 0 Å². The van der Waals surface area contributed by atoms with Crippen molar-refractivity contribution in [1.29, 1.82) is 0 Å². The maximum absolute atomic E-state index is 10.9. The molecule has 1 rings (SSSR count). The van der Waals surface area contributed by atoms with E-state index in [-0.39, 0.29) is 12.1 Å². The van der Waals surface area contributed by atoms with Crippen molar-refractivity contribution in [3.05, 3.63) is 0 Å². The van der Waals surface area contributed by atoms with Crippen molar-refractivity contribution in [2.75, 3.05) is 0 Å². The maximum atomic E-state index is 10.9. The van der Waals surface area contributed by atoms with Crippen LogP contribution in [0.4, 0.5) is 0 Å². The zero-order chi connectivity index (χ0) is 10.4. The lowest BCUT2D eigenvalue weighted by atomic mass is 10.1.